The third-order valence-electron chi connectivity index (χ3n) is 9.19. The summed E-state index contributed by atoms with van der Waals surface area (Å²) in [6.45, 7) is 6.09. The smallest absolute Gasteiger partial charge is 0.306 e. The SMILES string of the molecule is CC(=O)[C@H]1CC[C@H]2[C@@H]3CCC4=CC(=O)CC[C@]4(C)[C@H]3[C@H](OC(=O)CCC(=O)O)C[C@]12C. The van der Waals surface area contributed by atoms with Gasteiger partial charge in [-0.1, -0.05) is 19.4 Å². The lowest BCUT2D eigenvalue weighted by molar-refractivity contribution is -0.178. The highest BCUT2D eigenvalue weighted by Gasteiger charge is 2.63. The number of carboxylic acid groups (broad SMARTS) is 1. The molecule has 0 aromatic heterocycles. The summed E-state index contributed by atoms with van der Waals surface area (Å²) in [6, 6.07) is 0. The molecule has 0 aromatic rings. The van der Waals surface area contributed by atoms with Crippen molar-refractivity contribution >= 4 is 23.5 Å². The van der Waals surface area contributed by atoms with Gasteiger partial charge in [-0.3, -0.25) is 19.2 Å². The summed E-state index contributed by atoms with van der Waals surface area (Å²) in [6.07, 6.45) is 6.75. The van der Waals surface area contributed by atoms with E-state index >= 15 is 0 Å². The molecule has 4 rings (SSSR count). The van der Waals surface area contributed by atoms with E-state index in [9.17, 15) is 19.2 Å². The number of Topliss-reactive ketones (excluding diaryl/α,β-unsaturated/α-hetero) is 1. The van der Waals surface area contributed by atoms with Crippen LogP contribution in [0.15, 0.2) is 11.6 Å². The van der Waals surface area contributed by atoms with Gasteiger partial charge in [0.25, 0.3) is 0 Å². The molecule has 0 saturated heterocycles. The van der Waals surface area contributed by atoms with Gasteiger partial charge in [-0.25, -0.2) is 0 Å². The van der Waals surface area contributed by atoms with Crippen LogP contribution in [0, 0.1) is 34.5 Å². The first-order valence-electron chi connectivity index (χ1n) is 11.7. The van der Waals surface area contributed by atoms with Gasteiger partial charge in [0.05, 0.1) is 12.8 Å². The van der Waals surface area contributed by atoms with E-state index in [2.05, 4.69) is 13.8 Å². The number of carboxylic acids is 1. The minimum Gasteiger partial charge on any atom is -0.481 e. The fraction of sp³-hybridized carbons (Fsp3) is 0.760. The second-order valence-electron chi connectivity index (χ2n) is 10.8. The molecule has 0 unspecified atom stereocenters. The van der Waals surface area contributed by atoms with Gasteiger partial charge in [-0.05, 0) is 74.2 Å². The van der Waals surface area contributed by atoms with E-state index in [1.54, 1.807) is 6.92 Å². The fourth-order valence-corrected chi connectivity index (χ4v) is 7.87. The Morgan fingerprint density at radius 1 is 1.13 bits per heavy atom. The zero-order valence-corrected chi connectivity index (χ0v) is 18.8. The molecule has 3 saturated carbocycles. The van der Waals surface area contributed by atoms with Gasteiger partial charge >= 0.3 is 11.9 Å². The van der Waals surface area contributed by atoms with Crippen LogP contribution in [0.2, 0.25) is 0 Å². The van der Waals surface area contributed by atoms with Gasteiger partial charge in [0.2, 0.25) is 0 Å². The van der Waals surface area contributed by atoms with Gasteiger partial charge in [-0.2, -0.15) is 0 Å². The summed E-state index contributed by atoms with van der Waals surface area (Å²) in [4.78, 5) is 48.1. The van der Waals surface area contributed by atoms with E-state index in [-0.39, 0.29) is 53.2 Å². The molecular formula is C25H34O6. The van der Waals surface area contributed by atoms with E-state index in [0.29, 0.717) is 24.7 Å². The molecule has 3 fully saturated rings. The Balaban J connectivity index is 1.70. The molecule has 0 heterocycles. The Morgan fingerprint density at radius 3 is 2.55 bits per heavy atom. The maximum absolute atomic E-state index is 12.6. The van der Waals surface area contributed by atoms with Crippen molar-refractivity contribution in [3.8, 4) is 0 Å². The van der Waals surface area contributed by atoms with Crippen LogP contribution in [0.25, 0.3) is 0 Å². The predicted molar refractivity (Wildman–Crippen MR) is 113 cm³/mol. The van der Waals surface area contributed by atoms with Crippen LogP contribution >= 0.6 is 0 Å². The fourth-order valence-electron chi connectivity index (χ4n) is 7.87. The van der Waals surface area contributed by atoms with Crippen molar-refractivity contribution in [2.24, 2.45) is 34.5 Å². The number of ether oxygens (including phenoxy) is 1. The predicted octanol–water partition coefficient (Wildman–Crippen LogP) is 4.11. The molecular weight excluding hydrogens is 396 g/mol. The molecule has 0 radical (unpaired) electrons. The average Bonchev–Trinajstić information content (AvgIpc) is 3.03. The summed E-state index contributed by atoms with van der Waals surface area (Å²) in [5, 5.41) is 8.95. The number of hydrogen-bond donors (Lipinski definition) is 1. The highest BCUT2D eigenvalue weighted by atomic mass is 16.5. The molecule has 0 bridgehead atoms. The normalized spacial score (nSPS) is 41.5. The van der Waals surface area contributed by atoms with Gasteiger partial charge in [0, 0.05) is 18.3 Å². The number of esters is 1. The first-order chi connectivity index (χ1) is 14.6. The molecule has 0 aliphatic heterocycles. The van der Waals surface area contributed by atoms with Gasteiger partial charge in [0.15, 0.2) is 5.78 Å². The Morgan fingerprint density at radius 2 is 1.87 bits per heavy atom. The zero-order chi connectivity index (χ0) is 22.6. The minimum absolute atomic E-state index is 0.0173. The largest absolute Gasteiger partial charge is 0.481 e. The van der Waals surface area contributed by atoms with Crippen LogP contribution in [0.1, 0.15) is 78.6 Å². The molecule has 0 aromatic carbocycles. The van der Waals surface area contributed by atoms with Crippen molar-refractivity contribution in [1.29, 1.82) is 0 Å². The lowest BCUT2D eigenvalue weighted by atomic mass is 9.46. The van der Waals surface area contributed by atoms with Crippen molar-refractivity contribution in [1.82, 2.24) is 0 Å². The number of rotatable bonds is 5. The van der Waals surface area contributed by atoms with Crippen LogP contribution in [0.5, 0.6) is 0 Å². The highest BCUT2D eigenvalue weighted by molar-refractivity contribution is 5.91. The van der Waals surface area contributed by atoms with E-state index < -0.39 is 11.9 Å². The summed E-state index contributed by atoms with van der Waals surface area (Å²) in [5.41, 5.74) is 0.790. The first kappa shape index (κ1) is 22.2. The van der Waals surface area contributed by atoms with Crippen molar-refractivity contribution in [2.45, 2.75) is 84.7 Å². The number of carbonyl (C=O) groups excluding carboxylic acids is 3. The number of hydrogen-bond acceptors (Lipinski definition) is 5. The zero-order valence-electron chi connectivity index (χ0n) is 18.8. The van der Waals surface area contributed by atoms with Crippen LogP contribution in [-0.4, -0.2) is 34.7 Å². The topological polar surface area (TPSA) is 97.7 Å². The molecule has 6 heteroatoms. The van der Waals surface area contributed by atoms with Crippen LogP contribution in [0.4, 0.5) is 0 Å². The summed E-state index contributed by atoms with van der Waals surface area (Å²) in [7, 11) is 0. The Labute approximate surface area is 183 Å². The van der Waals surface area contributed by atoms with Gasteiger partial charge < -0.3 is 9.84 Å². The van der Waals surface area contributed by atoms with E-state index in [1.807, 2.05) is 6.08 Å². The van der Waals surface area contributed by atoms with Crippen LogP contribution < -0.4 is 0 Å². The summed E-state index contributed by atoms with van der Waals surface area (Å²) >= 11 is 0. The Hall–Kier alpha value is -1.98. The second kappa shape index (κ2) is 7.86. The number of aliphatic carboxylic acids is 1. The van der Waals surface area contributed by atoms with E-state index in [1.165, 1.54) is 5.57 Å². The molecule has 0 amide bonds. The Kier molecular flexibility index (Phi) is 5.63. The van der Waals surface area contributed by atoms with Crippen molar-refractivity contribution in [3.63, 3.8) is 0 Å². The number of allylic oxidation sites excluding steroid dienone is 1. The molecule has 4 aliphatic rings. The number of carbonyl (C=O) groups is 4. The molecule has 1 N–H and O–H groups in total. The molecule has 4 aliphatic carbocycles. The maximum atomic E-state index is 12.6. The Bertz CT molecular complexity index is 843. The van der Waals surface area contributed by atoms with Crippen LogP contribution in [-0.2, 0) is 23.9 Å². The second-order valence-corrected chi connectivity index (χ2v) is 10.8. The monoisotopic (exact) mass is 430 g/mol. The van der Waals surface area contributed by atoms with Crippen molar-refractivity contribution < 1.29 is 29.0 Å². The molecule has 6 nitrogen and oxygen atoms in total. The van der Waals surface area contributed by atoms with Gasteiger partial charge in [-0.15, -0.1) is 0 Å². The summed E-state index contributed by atoms with van der Waals surface area (Å²) in [5.74, 6) is -0.248. The van der Waals surface area contributed by atoms with Crippen LogP contribution in [0.3, 0.4) is 0 Å². The lowest BCUT2D eigenvalue weighted by Crippen LogP contribution is -2.58. The van der Waals surface area contributed by atoms with Crippen molar-refractivity contribution in [2.75, 3.05) is 0 Å². The number of ketones is 2. The van der Waals surface area contributed by atoms with Crippen molar-refractivity contribution in [3.05, 3.63) is 11.6 Å². The maximum Gasteiger partial charge on any atom is 0.306 e. The van der Waals surface area contributed by atoms with E-state index in [0.717, 1.165) is 32.1 Å². The molecule has 31 heavy (non-hydrogen) atoms. The third-order valence-corrected chi connectivity index (χ3v) is 9.19. The lowest BCUT2D eigenvalue weighted by Gasteiger charge is -2.60. The molecule has 0 spiro atoms. The highest BCUT2D eigenvalue weighted by Crippen LogP contribution is 2.67. The number of fused-ring (bicyclic) bond motifs is 5. The molecule has 7 atom stereocenters. The average molecular weight is 431 g/mol. The quantitative estimate of drug-likeness (QED) is 0.659. The van der Waals surface area contributed by atoms with E-state index in [4.69, 9.17) is 9.84 Å². The molecule has 170 valence electrons. The van der Waals surface area contributed by atoms with Gasteiger partial charge in [0.1, 0.15) is 11.9 Å². The summed E-state index contributed by atoms with van der Waals surface area (Å²) < 4.78 is 6.03. The minimum atomic E-state index is -1.02. The standard InChI is InChI=1S/C25H34O6/c1-14(26)18-6-7-19-17-5-4-15-12-16(27)10-11-24(15,2)23(17)20(13-25(18,19)3)31-22(30)9-8-21(28)29/h12,17-20,23H,4-11,13H2,1-3H3,(H,28,29)/t17-,18+,19-,20+,23+,24-,25+/m0/s1. The third kappa shape index (κ3) is 3.66. The first-order valence-corrected chi connectivity index (χ1v) is 11.7.